The van der Waals surface area contributed by atoms with E-state index in [1.54, 1.807) is 0 Å². The van der Waals surface area contributed by atoms with Gasteiger partial charge in [0.05, 0.1) is 0 Å². The molecule has 0 atom stereocenters. The van der Waals surface area contributed by atoms with Crippen LogP contribution in [0.4, 0.5) is 0 Å². The molecule has 0 unspecified atom stereocenters. The molecule has 0 aliphatic carbocycles. The van der Waals surface area contributed by atoms with Crippen LogP contribution >= 0.6 is 0 Å². The van der Waals surface area contributed by atoms with Crippen molar-refractivity contribution in [2.45, 2.75) is 0 Å². The Bertz CT molecular complexity index is 292. The van der Waals surface area contributed by atoms with Gasteiger partial charge in [-0.3, -0.25) is 0 Å². The molecule has 0 amide bonds. The average molecular weight is 210 g/mol. The minimum atomic E-state index is -7.74. The van der Waals surface area contributed by atoms with Crippen molar-refractivity contribution < 1.29 is 50.8 Å². The fraction of sp³-hybridized carbons (Fsp3) is 0. The Morgan fingerprint density at radius 2 is 0.750 bits per heavy atom. The molecule has 8 heteroatoms. The summed E-state index contributed by atoms with van der Waals surface area (Å²) in [5.41, 5.74) is 0. The van der Waals surface area contributed by atoms with Gasteiger partial charge >= 0.3 is 50.8 Å². The summed E-state index contributed by atoms with van der Waals surface area (Å²) in [5, 5.41) is 0. The molecule has 0 aromatic heterocycles. The molecular weight excluding hydrogens is 210 g/mol. The summed E-state index contributed by atoms with van der Waals surface area (Å²) in [6, 6.07) is 0. The van der Waals surface area contributed by atoms with Crippen LogP contribution in [0.3, 0.4) is 0 Å². The summed E-state index contributed by atoms with van der Waals surface area (Å²) < 4.78 is 51.0. The third-order valence-electron chi connectivity index (χ3n) is 0. The van der Waals surface area contributed by atoms with Crippen LogP contribution in [-0.2, 0) is 50.8 Å². The van der Waals surface area contributed by atoms with Crippen molar-refractivity contribution in [3.8, 4) is 0 Å². The van der Waals surface area contributed by atoms with Gasteiger partial charge in [-0.1, -0.05) is 0 Å². The first-order valence-electron chi connectivity index (χ1n) is 1.04. The average Bonchev–Trinajstić information content (AvgIpc) is 1.33. The zero-order chi connectivity index (χ0) is 7.45. The maximum absolute atomic E-state index is 8.64. The first-order chi connectivity index (χ1) is 3.24. The fourth-order valence-corrected chi connectivity index (χ4v) is 0. The second-order valence-corrected chi connectivity index (χ2v) is 3.07. The summed E-state index contributed by atoms with van der Waals surface area (Å²) in [6.45, 7) is 0. The van der Waals surface area contributed by atoms with Gasteiger partial charge < -0.3 is 0 Å². The van der Waals surface area contributed by atoms with Gasteiger partial charge in [0, 0.05) is 0 Å². The van der Waals surface area contributed by atoms with Gasteiger partial charge in [0.25, 0.3) is 0 Å². The van der Waals surface area contributed by atoms with Crippen molar-refractivity contribution in [2.75, 3.05) is 0 Å². The van der Waals surface area contributed by atoms with E-state index in [1.165, 1.54) is 0 Å². The second-order valence-electron chi connectivity index (χ2n) is 0.745. The van der Waals surface area contributed by atoms with E-state index in [2.05, 4.69) is 15.9 Å². The number of rotatable bonds is 0. The Hall–Kier alpha value is -0.0961. The van der Waals surface area contributed by atoms with Crippen LogP contribution in [0.15, 0.2) is 0 Å². The standard InChI is InChI=1S/Cu.6O.V. The molecule has 0 aromatic rings. The Morgan fingerprint density at radius 1 is 0.750 bits per heavy atom. The van der Waals surface area contributed by atoms with Crippen molar-refractivity contribution in [2.24, 2.45) is 0 Å². The third-order valence-corrected chi connectivity index (χ3v) is 0. The van der Waals surface area contributed by atoms with Gasteiger partial charge in [0.15, 0.2) is 0 Å². The van der Waals surface area contributed by atoms with Crippen LogP contribution in [-0.4, -0.2) is 0 Å². The molecular formula is CuO6V. The Morgan fingerprint density at radius 3 is 0.750 bits per heavy atom. The Labute approximate surface area is 51.1 Å². The molecule has 0 aromatic carbocycles. The molecule has 6 nitrogen and oxygen atoms in total. The summed E-state index contributed by atoms with van der Waals surface area (Å²) in [4.78, 5) is 0. The van der Waals surface area contributed by atoms with Gasteiger partial charge in [-0.15, -0.1) is 0 Å². The number of hydrogen-bond acceptors (Lipinski definition) is 6. The minimum absolute atomic E-state index is 2.94. The first-order valence-corrected chi connectivity index (χ1v) is 4.27. The fourth-order valence-electron chi connectivity index (χ4n) is 0. The molecule has 0 radical (unpaired) electrons. The second kappa shape index (κ2) is 2.45. The van der Waals surface area contributed by atoms with E-state index < -0.39 is 12.6 Å². The molecule has 0 fully saturated rings. The van der Waals surface area contributed by atoms with Crippen LogP contribution in [0.5, 0.6) is 0 Å². The molecule has 0 N–H and O–H groups in total. The monoisotopic (exact) mass is 210 g/mol. The van der Waals surface area contributed by atoms with Crippen LogP contribution in [0, 0.1) is 0 Å². The maximum atomic E-state index is 8.64. The van der Waals surface area contributed by atoms with Crippen molar-refractivity contribution >= 4 is 0 Å². The molecule has 0 aliphatic rings. The molecule has 8 heavy (non-hydrogen) atoms. The summed E-state index contributed by atoms with van der Waals surface area (Å²) in [6.07, 6.45) is 0. The molecule has 0 heterocycles. The van der Waals surface area contributed by atoms with Crippen LogP contribution in [0.1, 0.15) is 0 Å². The molecule has 0 spiro atoms. The van der Waals surface area contributed by atoms with E-state index in [0.717, 1.165) is 0 Å². The Kier molecular flexibility index (Phi) is 3.31. The Balaban J connectivity index is 0. The van der Waals surface area contributed by atoms with Crippen molar-refractivity contribution in [3.63, 3.8) is 0 Å². The first kappa shape index (κ1) is 10.8. The summed E-state index contributed by atoms with van der Waals surface area (Å²) >= 11 is -4.80. The molecule has 0 saturated carbocycles. The molecule has 0 rings (SSSR count). The zero-order valence-electron chi connectivity index (χ0n) is 3.20. The van der Waals surface area contributed by atoms with Crippen LogP contribution in [0.2, 0.25) is 0 Å². The van der Waals surface area contributed by atoms with Crippen molar-refractivity contribution in [1.82, 2.24) is 0 Å². The van der Waals surface area contributed by atoms with Crippen LogP contribution in [0.25, 0.3) is 0 Å². The van der Waals surface area contributed by atoms with Gasteiger partial charge in [-0.2, -0.15) is 0 Å². The van der Waals surface area contributed by atoms with E-state index in [-0.39, 0.29) is 0 Å². The van der Waals surface area contributed by atoms with E-state index in [1.807, 2.05) is 0 Å². The van der Waals surface area contributed by atoms with Gasteiger partial charge in [-0.25, -0.2) is 0 Å². The van der Waals surface area contributed by atoms with Crippen molar-refractivity contribution in [3.05, 3.63) is 0 Å². The molecule has 0 aliphatic heterocycles. The summed E-state index contributed by atoms with van der Waals surface area (Å²) in [5.74, 6) is 0. The van der Waals surface area contributed by atoms with E-state index in [4.69, 9.17) is 22.2 Å². The van der Waals surface area contributed by atoms with Gasteiger partial charge in [0.2, 0.25) is 0 Å². The topological polar surface area (TPSA) is 102 Å². The van der Waals surface area contributed by atoms with E-state index in [9.17, 15) is 0 Å². The molecule has 0 saturated heterocycles. The molecule has 52 valence electrons. The third kappa shape index (κ3) is 15400. The zero-order valence-corrected chi connectivity index (χ0v) is 5.54. The van der Waals surface area contributed by atoms with Gasteiger partial charge in [-0.05, 0) is 0 Å². The summed E-state index contributed by atoms with van der Waals surface area (Å²) in [7, 11) is 0. The van der Waals surface area contributed by atoms with E-state index in [0.29, 0.717) is 0 Å². The molecule has 0 bridgehead atoms. The van der Waals surface area contributed by atoms with Crippen molar-refractivity contribution in [1.29, 1.82) is 0 Å². The normalized spacial score (nSPS) is 8.25. The SMILES string of the molecule is [O]=[Cu].[O]=[V](=[O])(=[O])(=[O])=[O]. The van der Waals surface area contributed by atoms with Crippen LogP contribution < -0.4 is 0 Å². The number of hydrogen-bond donors (Lipinski definition) is 0. The predicted molar refractivity (Wildman–Crippen MR) is 4.12 cm³/mol. The quantitative estimate of drug-likeness (QED) is 0.489. The van der Waals surface area contributed by atoms with E-state index >= 15 is 0 Å². The predicted octanol–water partition coefficient (Wildman–Crippen LogP) is -0.718. The van der Waals surface area contributed by atoms with Gasteiger partial charge in [0.1, 0.15) is 0 Å².